The Labute approximate surface area is 144 Å². The molecule has 0 aliphatic heterocycles. The van der Waals surface area contributed by atoms with Crippen molar-refractivity contribution in [2.45, 2.75) is 33.6 Å². The molecule has 0 bridgehead atoms. The number of aromatic nitrogens is 1. The van der Waals surface area contributed by atoms with E-state index in [1.165, 1.54) is 12.4 Å². The average Bonchev–Trinajstić information content (AvgIpc) is 2.88. The highest BCUT2D eigenvalue weighted by Crippen LogP contribution is 2.38. The Hall–Kier alpha value is -2.96. The van der Waals surface area contributed by atoms with E-state index in [1.807, 2.05) is 0 Å². The molecular formula is C18H19N3O4. The molecule has 25 heavy (non-hydrogen) atoms. The molecule has 7 nitrogen and oxygen atoms in total. The van der Waals surface area contributed by atoms with E-state index in [0.717, 1.165) is 0 Å². The van der Waals surface area contributed by atoms with Gasteiger partial charge in [-0.05, 0) is 30.9 Å². The highest BCUT2D eigenvalue weighted by Gasteiger charge is 2.36. The Morgan fingerprint density at radius 1 is 1.28 bits per heavy atom. The first-order chi connectivity index (χ1) is 11.8. The molecule has 0 atom stereocenters. The van der Waals surface area contributed by atoms with Crippen LogP contribution in [0.2, 0.25) is 0 Å². The number of hydrogen-bond donors (Lipinski definition) is 2. The monoisotopic (exact) mass is 341 g/mol. The van der Waals surface area contributed by atoms with Crippen LogP contribution in [-0.4, -0.2) is 27.7 Å². The Morgan fingerprint density at radius 3 is 2.60 bits per heavy atom. The van der Waals surface area contributed by atoms with Gasteiger partial charge in [0.05, 0.1) is 5.71 Å². The van der Waals surface area contributed by atoms with Crippen LogP contribution in [0.15, 0.2) is 34.0 Å². The molecule has 7 heteroatoms. The van der Waals surface area contributed by atoms with Crippen LogP contribution in [0.3, 0.4) is 0 Å². The van der Waals surface area contributed by atoms with Gasteiger partial charge < -0.3 is 9.52 Å². The Morgan fingerprint density at radius 2 is 1.96 bits per heavy atom. The Kier molecular flexibility index (Phi) is 4.16. The Bertz CT molecular complexity index is 866. The number of fused-ring (bicyclic) bond motifs is 1. The van der Waals surface area contributed by atoms with Crippen molar-refractivity contribution in [2.75, 3.05) is 0 Å². The number of furan rings is 1. The summed E-state index contributed by atoms with van der Waals surface area (Å²) >= 11 is 0. The summed E-state index contributed by atoms with van der Waals surface area (Å²) < 4.78 is 5.55. The van der Waals surface area contributed by atoms with E-state index in [1.54, 1.807) is 19.1 Å². The van der Waals surface area contributed by atoms with Crippen LogP contribution in [0.25, 0.3) is 0 Å². The van der Waals surface area contributed by atoms with Crippen LogP contribution >= 0.6 is 0 Å². The van der Waals surface area contributed by atoms with Gasteiger partial charge in [-0.1, -0.05) is 13.8 Å². The fourth-order valence-electron chi connectivity index (χ4n) is 3.10. The number of carbonyl (C=O) groups is 2. The van der Waals surface area contributed by atoms with Crippen molar-refractivity contribution in [2.24, 2.45) is 10.5 Å². The minimum Gasteiger partial charge on any atom is -0.475 e. The maximum absolute atomic E-state index is 12.2. The highest BCUT2D eigenvalue weighted by molar-refractivity contribution is 6.07. The number of carbonyl (C=O) groups excluding carboxylic acids is 1. The molecular weight excluding hydrogens is 322 g/mol. The second-order valence-corrected chi connectivity index (χ2v) is 6.91. The van der Waals surface area contributed by atoms with Gasteiger partial charge in [0.1, 0.15) is 5.76 Å². The molecule has 0 unspecified atom stereocenters. The number of amides is 1. The third-order valence-corrected chi connectivity index (χ3v) is 4.22. The van der Waals surface area contributed by atoms with E-state index >= 15 is 0 Å². The molecule has 0 spiro atoms. The van der Waals surface area contributed by atoms with Gasteiger partial charge in [0, 0.05) is 35.5 Å². The quantitative estimate of drug-likeness (QED) is 0.835. The third-order valence-electron chi connectivity index (χ3n) is 4.22. The van der Waals surface area contributed by atoms with Gasteiger partial charge in [0.15, 0.2) is 0 Å². The number of carboxylic acid groups (broad SMARTS) is 1. The molecule has 0 aromatic carbocycles. The lowest BCUT2D eigenvalue weighted by atomic mass is 9.75. The molecule has 130 valence electrons. The fourth-order valence-corrected chi connectivity index (χ4v) is 3.10. The molecule has 2 heterocycles. The van der Waals surface area contributed by atoms with E-state index in [2.05, 4.69) is 29.4 Å². The van der Waals surface area contributed by atoms with Crippen molar-refractivity contribution in [1.29, 1.82) is 0 Å². The predicted molar refractivity (Wildman–Crippen MR) is 90.7 cm³/mol. The van der Waals surface area contributed by atoms with Gasteiger partial charge in [0.2, 0.25) is 5.76 Å². The minimum absolute atomic E-state index is 0.0733. The van der Waals surface area contributed by atoms with Crippen LogP contribution in [0.4, 0.5) is 0 Å². The molecule has 0 saturated heterocycles. The van der Waals surface area contributed by atoms with E-state index < -0.39 is 5.97 Å². The lowest BCUT2D eigenvalue weighted by molar-refractivity contribution is 0.0657. The first kappa shape index (κ1) is 16.9. The van der Waals surface area contributed by atoms with Crippen LogP contribution < -0.4 is 5.43 Å². The molecule has 0 saturated carbocycles. The zero-order valence-electron chi connectivity index (χ0n) is 14.3. The largest absolute Gasteiger partial charge is 0.475 e. The van der Waals surface area contributed by atoms with Crippen LogP contribution in [-0.2, 0) is 6.42 Å². The summed E-state index contributed by atoms with van der Waals surface area (Å²) in [5.41, 5.74) is 4.70. The molecule has 2 aromatic rings. The van der Waals surface area contributed by atoms with E-state index in [9.17, 15) is 14.7 Å². The summed E-state index contributed by atoms with van der Waals surface area (Å²) in [6.07, 6.45) is 4.29. The number of pyridine rings is 1. The summed E-state index contributed by atoms with van der Waals surface area (Å²) in [6.45, 7) is 5.80. The van der Waals surface area contributed by atoms with Crippen molar-refractivity contribution in [3.8, 4) is 0 Å². The SMILES string of the molecule is Cc1c(C(=O)O)oc2c1/C(=N/NC(=O)c1ccncc1)CC(C)(C)C2. The maximum Gasteiger partial charge on any atom is 0.372 e. The van der Waals surface area contributed by atoms with Gasteiger partial charge in [-0.2, -0.15) is 5.10 Å². The number of hydrogen-bond acceptors (Lipinski definition) is 5. The molecule has 1 aliphatic rings. The molecule has 0 radical (unpaired) electrons. The van der Waals surface area contributed by atoms with Gasteiger partial charge >= 0.3 is 5.97 Å². The second-order valence-electron chi connectivity index (χ2n) is 6.91. The van der Waals surface area contributed by atoms with E-state index in [-0.39, 0.29) is 17.1 Å². The summed E-state index contributed by atoms with van der Waals surface area (Å²) in [5.74, 6) is -0.928. The van der Waals surface area contributed by atoms with E-state index in [0.29, 0.717) is 41.0 Å². The fraction of sp³-hybridized carbons (Fsp3) is 0.333. The van der Waals surface area contributed by atoms with Gasteiger partial charge in [0.25, 0.3) is 5.91 Å². The highest BCUT2D eigenvalue weighted by atomic mass is 16.4. The summed E-state index contributed by atoms with van der Waals surface area (Å²) in [7, 11) is 0. The summed E-state index contributed by atoms with van der Waals surface area (Å²) in [6, 6.07) is 3.19. The smallest absolute Gasteiger partial charge is 0.372 e. The first-order valence-corrected chi connectivity index (χ1v) is 7.91. The van der Waals surface area contributed by atoms with Crippen molar-refractivity contribution in [1.82, 2.24) is 10.4 Å². The lowest BCUT2D eigenvalue weighted by Gasteiger charge is -2.29. The van der Waals surface area contributed by atoms with Crippen molar-refractivity contribution >= 4 is 17.6 Å². The van der Waals surface area contributed by atoms with Crippen molar-refractivity contribution in [3.05, 3.63) is 52.7 Å². The number of rotatable bonds is 3. The number of aromatic carboxylic acids is 1. The topological polar surface area (TPSA) is 105 Å². The van der Waals surface area contributed by atoms with E-state index in [4.69, 9.17) is 4.42 Å². The standard InChI is InChI=1S/C18H19N3O4/c1-10-14-12(20-21-16(22)11-4-6-19-7-5-11)8-18(2,3)9-13(14)25-15(10)17(23)24/h4-7H,8-9H2,1-3H3,(H,21,22)(H,23,24)/b20-12+. The number of nitrogens with one attached hydrogen (secondary N) is 1. The maximum atomic E-state index is 12.2. The third kappa shape index (κ3) is 3.31. The van der Waals surface area contributed by atoms with Gasteiger partial charge in [-0.15, -0.1) is 0 Å². The second kappa shape index (κ2) is 6.16. The predicted octanol–water partition coefficient (Wildman–Crippen LogP) is 2.79. The minimum atomic E-state index is -1.11. The summed E-state index contributed by atoms with van der Waals surface area (Å²) in [4.78, 5) is 27.4. The molecule has 0 fully saturated rings. The van der Waals surface area contributed by atoms with Gasteiger partial charge in [-0.25, -0.2) is 10.2 Å². The Balaban J connectivity index is 1.96. The zero-order chi connectivity index (χ0) is 18.2. The molecule has 2 N–H and O–H groups in total. The molecule has 2 aromatic heterocycles. The number of carboxylic acids is 1. The molecule has 1 aliphatic carbocycles. The van der Waals surface area contributed by atoms with Gasteiger partial charge in [-0.3, -0.25) is 9.78 Å². The summed E-state index contributed by atoms with van der Waals surface area (Å²) in [5, 5.41) is 13.6. The van der Waals surface area contributed by atoms with Crippen LogP contribution in [0.5, 0.6) is 0 Å². The van der Waals surface area contributed by atoms with Crippen LogP contribution in [0.1, 0.15) is 58.1 Å². The van der Waals surface area contributed by atoms with Crippen LogP contribution in [0, 0.1) is 12.3 Å². The lowest BCUT2D eigenvalue weighted by Crippen LogP contribution is -2.29. The van der Waals surface area contributed by atoms with Crippen molar-refractivity contribution in [3.63, 3.8) is 0 Å². The average molecular weight is 341 g/mol. The van der Waals surface area contributed by atoms with Crippen molar-refractivity contribution < 1.29 is 19.1 Å². The first-order valence-electron chi connectivity index (χ1n) is 7.91. The normalized spacial score (nSPS) is 17.2. The zero-order valence-corrected chi connectivity index (χ0v) is 14.3. The molecule has 1 amide bonds. The molecule has 3 rings (SSSR count). The number of nitrogens with zero attached hydrogens (tertiary/aromatic N) is 2. The number of hydrazone groups is 1.